The van der Waals surface area contributed by atoms with Crippen molar-refractivity contribution < 1.29 is 52.7 Å². The molecular formula is C51H71N11O11. The number of nitrogens with one attached hydrogen (secondary N) is 10. The van der Waals surface area contributed by atoms with E-state index in [1.165, 1.54) is 20.8 Å². The number of amides is 10. The molecule has 73 heavy (non-hydrogen) atoms. The number of hydrogen-bond acceptors (Lipinski definition) is 12. The number of ether oxygens (including phenoxy) is 1. The Kier molecular flexibility index (Phi) is 25.4. The predicted octanol–water partition coefficient (Wildman–Crippen LogP) is -0.389. The van der Waals surface area contributed by atoms with Gasteiger partial charge < -0.3 is 63.6 Å². The van der Waals surface area contributed by atoms with E-state index in [9.17, 15) is 47.9 Å². The average Bonchev–Trinajstić information content (AvgIpc) is 3.35. The Bertz CT molecular complexity index is 2320. The maximum absolute atomic E-state index is 13.5. The largest absolute Gasteiger partial charge is 0.497 e. The van der Waals surface area contributed by atoms with Crippen LogP contribution in [0.2, 0.25) is 0 Å². The van der Waals surface area contributed by atoms with Gasteiger partial charge in [0.1, 0.15) is 42.0 Å². The Morgan fingerprint density at radius 1 is 0.507 bits per heavy atom. The van der Waals surface area contributed by atoms with Gasteiger partial charge >= 0.3 is 0 Å². The third-order valence-electron chi connectivity index (χ3n) is 11.0. The predicted molar refractivity (Wildman–Crippen MR) is 272 cm³/mol. The molecule has 0 bridgehead atoms. The van der Waals surface area contributed by atoms with Gasteiger partial charge in [-0.05, 0) is 80.8 Å². The van der Waals surface area contributed by atoms with Crippen molar-refractivity contribution in [2.45, 2.75) is 109 Å². The zero-order chi connectivity index (χ0) is 53.9. The fourth-order valence-corrected chi connectivity index (χ4v) is 7.21. The molecule has 0 radical (unpaired) electrons. The van der Waals surface area contributed by atoms with Crippen LogP contribution >= 0.6 is 0 Å². The Hall–Kier alpha value is -8.04. The lowest BCUT2D eigenvalue weighted by atomic mass is 10.0. The van der Waals surface area contributed by atoms with Gasteiger partial charge in [0.15, 0.2) is 0 Å². The number of benzene rings is 3. The average molecular weight is 1010 g/mol. The second-order valence-electron chi connectivity index (χ2n) is 17.8. The summed E-state index contributed by atoms with van der Waals surface area (Å²) in [5, 5.41) is 26.1. The fourth-order valence-electron chi connectivity index (χ4n) is 7.21. The van der Waals surface area contributed by atoms with Gasteiger partial charge in [0.25, 0.3) is 0 Å². The molecule has 0 aliphatic heterocycles. The summed E-state index contributed by atoms with van der Waals surface area (Å²) in [6.07, 6.45) is 1.57. The SMILES string of the molecule is COc1ccc(NCCCC[C@H](NC(=O)CNC(=O)[C@H](C)NC(=O)[C@H](CC(C)C)NC(=O)[C@H](Cc2ccccc2)NC(C)=O)C(=O)NCC(=O)N[C@@H](C)C(=O)N[C@@H](Cc2ccccc2)C(=O)NCC(N)=O)cc1. The third kappa shape index (κ3) is 23.2. The smallest absolute Gasteiger partial charge is 0.243 e. The molecule has 10 amide bonds. The minimum atomic E-state index is -1.18. The molecule has 0 saturated heterocycles. The highest BCUT2D eigenvalue weighted by atomic mass is 16.5. The normalized spacial score (nSPS) is 13.2. The van der Waals surface area contributed by atoms with Gasteiger partial charge in [-0.25, -0.2) is 0 Å². The number of carbonyl (C=O) groups excluding carboxylic acids is 10. The Morgan fingerprint density at radius 2 is 1.00 bits per heavy atom. The molecule has 0 aliphatic carbocycles. The number of unbranched alkanes of at least 4 members (excludes halogenated alkanes) is 1. The van der Waals surface area contributed by atoms with E-state index in [1.807, 2.05) is 44.2 Å². The van der Waals surface area contributed by atoms with Crippen LogP contribution in [-0.4, -0.2) is 129 Å². The molecule has 0 fully saturated rings. The maximum atomic E-state index is 13.5. The van der Waals surface area contributed by atoms with E-state index in [0.717, 1.165) is 11.3 Å². The van der Waals surface area contributed by atoms with Crippen LogP contribution in [0.25, 0.3) is 0 Å². The zero-order valence-corrected chi connectivity index (χ0v) is 42.3. The fraction of sp³-hybridized carbons (Fsp3) is 0.451. The van der Waals surface area contributed by atoms with E-state index in [1.54, 1.807) is 61.7 Å². The highest BCUT2D eigenvalue weighted by Gasteiger charge is 2.30. The summed E-state index contributed by atoms with van der Waals surface area (Å²) in [4.78, 5) is 129. The van der Waals surface area contributed by atoms with Gasteiger partial charge in [-0.1, -0.05) is 74.5 Å². The van der Waals surface area contributed by atoms with Crippen LogP contribution < -0.4 is 63.6 Å². The van der Waals surface area contributed by atoms with Gasteiger partial charge in [0.2, 0.25) is 59.1 Å². The molecule has 12 N–H and O–H groups in total. The first kappa shape index (κ1) is 59.3. The van der Waals surface area contributed by atoms with Crippen LogP contribution in [0.5, 0.6) is 5.75 Å². The number of carbonyl (C=O) groups is 10. The lowest BCUT2D eigenvalue weighted by Gasteiger charge is -2.25. The van der Waals surface area contributed by atoms with Crippen molar-refractivity contribution in [1.82, 2.24) is 47.9 Å². The first-order chi connectivity index (χ1) is 34.7. The monoisotopic (exact) mass is 1010 g/mol. The molecule has 0 heterocycles. The quantitative estimate of drug-likeness (QED) is 0.0368. The number of methoxy groups -OCH3 is 1. The minimum absolute atomic E-state index is 0.0570. The zero-order valence-electron chi connectivity index (χ0n) is 42.3. The van der Waals surface area contributed by atoms with Crippen molar-refractivity contribution in [3.05, 3.63) is 96.1 Å². The molecule has 0 unspecified atom stereocenters. The van der Waals surface area contributed by atoms with Gasteiger partial charge in [0.05, 0.1) is 26.7 Å². The van der Waals surface area contributed by atoms with Crippen LogP contribution in [0.3, 0.4) is 0 Å². The van der Waals surface area contributed by atoms with Crippen molar-refractivity contribution in [2.75, 3.05) is 38.6 Å². The Balaban J connectivity index is 1.61. The molecule has 0 aliphatic rings. The maximum Gasteiger partial charge on any atom is 0.243 e. The standard InChI is InChI=1S/C51H71N11O11/c1-31(2)25-40(62-51(72)42(59-34(5)63)27-36-17-11-8-12-18-36)50(71)58-32(3)46(67)55-30-45(66)60-39(19-13-14-24-53-37-20-22-38(73-6)23-21-37)48(69)56-29-44(65)57-33(4)47(68)61-41(49(70)54-28-43(52)64)26-35-15-9-7-10-16-35/h7-12,15-18,20-23,31-33,39-42,53H,13-14,19,24-30H2,1-6H3,(H2,52,64)(H,54,70)(H,55,67)(H,56,69)(H,57,65)(H,58,71)(H,59,63)(H,60,66)(H,61,68)(H,62,72)/t32-,33-,39-,40-,41-,42-/m0/s1. The first-order valence-corrected chi connectivity index (χ1v) is 24.1. The summed E-state index contributed by atoms with van der Waals surface area (Å²) in [5.74, 6) is -6.22. The van der Waals surface area contributed by atoms with E-state index < -0.39 is 115 Å². The van der Waals surface area contributed by atoms with Crippen LogP contribution in [0.4, 0.5) is 5.69 Å². The second-order valence-corrected chi connectivity index (χ2v) is 17.8. The second kappa shape index (κ2) is 31.3. The van der Waals surface area contributed by atoms with Crippen LogP contribution in [0.1, 0.15) is 71.4 Å². The number of rotatable bonds is 31. The van der Waals surface area contributed by atoms with E-state index in [-0.39, 0.29) is 31.6 Å². The molecule has 22 heteroatoms. The highest BCUT2D eigenvalue weighted by Crippen LogP contribution is 2.15. The van der Waals surface area contributed by atoms with Crippen molar-refractivity contribution in [1.29, 1.82) is 0 Å². The van der Waals surface area contributed by atoms with E-state index in [2.05, 4.69) is 53.2 Å². The number of primary amides is 1. The molecule has 396 valence electrons. The number of anilines is 1. The summed E-state index contributed by atoms with van der Waals surface area (Å²) < 4.78 is 5.20. The molecule has 0 aromatic heterocycles. The van der Waals surface area contributed by atoms with Crippen LogP contribution in [0, 0.1) is 5.92 Å². The Morgan fingerprint density at radius 3 is 1.55 bits per heavy atom. The first-order valence-electron chi connectivity index (χ1n) is 24.1. The summed E-state index contributed by atoms with van der Waals surface area (Å²) in [6, 6.07) is 18.4. The van der Waals surface area contributed by atoms with Crippen LogP contribution in [-0.2, 0) is 60.8 Å². The highest BCUT2D eigenvalue weighted by molar-refractivity contribution is 5.97. The molecule has 22 nitrogen and oxygen atoms in total. The summed E-state index contributed by atoms with van der Waals surface area (Å²) in [6.45, 7) is 6.63. The van der Waals surface area contributed by atoms with Gasteiger partial charge in [-0.3, -0.25) is 47.9 Å². The molecule has 3 aromatic carbocycles. The van der Waals surface area contributed by atoms with E-state index in [0.29, 0.717) is 30.7 Å². The summed E-state index contributed by atoms with van der Waals surface area (Å²) in [7, 11) is 1.56. The van der Waals surface area contributed by atoms with Gasteiger partial charge in [0, 0.05) is 32.0 Å². The van der Waals surface area contributed by atoms with Gasteiger partial charge in [-0.15, -0.1) is 0 Å². The van der Waals surface area contributed by atoms with E-state index in [4.69, 9.17) is 10.5 Å². The van der Waals surface area contributed by atoms with Crippen molar-refractivity contribution in [3.8, 4) is 5.75 Å². The molecule has 3 aromatic rings. The number of nitrogens with two attached hydrogens (primary N) is 1. The molecular weight excluding hydrogens is 943 g/mol. The minimum Gasteiger partial charge on any atom is -0.497 e. The van der Waals surface area contributed by atoms with Crippen molar-refractivity contribution >= 4 is 64.8 Å². The molecule has 6 atom stereocenters. The summed E-state index contributed by atoms with van der Waals surface area (Å²) in [5.41, 5.74) is 7.51. The number of hydrogen-bond donors (Lipinski definition) is 11. The lowest BCUT2D eigenvalue weighted by molar-refractivity contribution is -0.134. The van der Waals surface area contributed by atoms with Crippen molar-refractivity contribution in [3.63, 3.8) is 0 Å². The topological polar surface area (TPSA) is 326 Å². The van der Waals surface area contributed by atoms with Crippen molar-refractivity contribution in [2.24, 2.45) is 11.7 Å². The van der Waals surface area contributed by atoms with Crippen LogP contribution in [0.15, 0.2) is 84.9 Å². The van der Waals surface area contributed by atoms with Gasteiger partial charge in [-0.2, -0.15) is 0 Å². The molecule has 3 rings (SSSR count). The third-order valence-corrected chi connectivity index (χ3v) is 11.0. The Labute approximate surface area is 425 Å². The molecule has 0 saturated carbocycles. The van der Waals surface area contributed by atoms with E-state index >= 15 is 0 Å². The molecule has 0 spiro atoms. The lowest BCUT2D eigenvalue weighted by Crippen LogP contribution is -2.57. The summed E-state index contributed by atoms with van der Waals surface area (Å²) >= 11 is 0.